The topological polar surface area (TPSA) is 78.8 Å². The Kier molecular flexibility index (Phi) is 6.53. The zero-order valence-electron chi connectivity index (χ0n) is 14.8. The molecule has 3 saturated heterocycles. The van der Waals surface area contributed by atoms with Crippen molar-refractivity contribution in [2.24, 2.45) is 5.92 Å². The Bertz CT molecular complexity index is 611. The van der Waals surface area contributed by atoms with Gasteiger partial charge < -0.3 is 14.7 Å². The molecule has 1 aromatic heterocycles. The number of carbonyl (C=O) groups is 1. The molecule has 1 N–H and O–H groups in total. The van der Waals surface area contributed by atoms with E-state index in [0.717, 1.165) is 36.8 Å². The molecule has 4 rings (SSSR count). The number of hydrogen-bond acceptors (Lipinski definition) is 7. The van der Waals surface area contributed by atoms with Crippen LogP contribution in [0, 0.1) is 5.92 Å². The summed E-state index contributed by atoms with van der Waals surface area (Å²) in [5, 5.41) is 16.5. The molecule has 27 heavy (non-hydrogen) atoms. The summed E-state index contributed by atoms with van der Waals surface area (Å²) in [4.78, 5) is 14.1. The fraction of sp³-hybridized carbons (Fsp3) is 0.812. The van der Waals surface area contributed by atoms with E-state index in [1.54, 1.807) is 11.3 Å². The summed E-state index contributed by atoms with van der Waals surface area (Å²) in [5.74, 6) is -1.91. The molecule has 3 fully saturated rings. The highest BCUT2D eigenvalue weighted by molar-refractivity contribution is 7.13. The molecule has 152 valence electrons. The smallest absolute Gasteiger partial charge is 0.475 e. The van der Waals surface area contributed by atoms with Crippen molar-refractivity contribution in [2.75, 3.05) is 37.7 Å². The van der Waals surface area contributed by atoms with Gasteiger partial charge in [-0.3, -0.25) is 4.90 Å². The van der Waals surface area contributed by atoms with Gasteiger partial charge >= 0.3 is 12.1 Å². The Balaban J connectivity index is 0.000000260. The van der Waals surface area contributed by atoms with Gasteiger partial charge in [0.1, 0.15) is 5.51 Å². The van der Waals surface area contributed by atoms with Crippen molar-refractivity contribution in [1.82, 2.24) is 15.1 Å². The van der Waals surface area contributed by atoms with E-state index in [1.807, 2.05) is 5.51 Å². The van der Waals surface area contributed by atoms with Gasteiger partial charge in [0.05, 0.1) is 0 Å². The van der Waals surface area contributed by atoms with E-state index in [0.29, 0.717) is 6.04 Å². The van der Waals surface area contributed by atoms with Gasteiger partial charge in [-0.05, 0) is 31.6 Å². The maximum absolute atomic E-state index is 10.6. The van der Waals surface area contributed by atoms with Crippen LogP contribution in [-0.2, 0) is 9.53 Å². The van der Waals surface area contributed by atoms with Crippen LogP contribution in [0.4, 0.5) is 18.3 Å². The number of hydrogen-bond donors (Lipinski definition) is 1. The van der Waals surface area contributed by atoms with E-state index in [-0.39, 0.29) is 0 Å². The van der Waals surface area contributed by atoms with Crippen LogP contribution in [0.15, 0.2) is 5.51 Å². The predicted octanol–water partition coefficient (Wildman–Crippen LogP) is 2.25. The SMILES string of the molecule is O=C(O)C(F)(F)F.c1nnc(N2CC[C@@H]3[C@@H]2CCN3CC2CCOCC2)s1. The summed E-state index contributed by atoms with van der Waals surface area (Å²) in [7, 11) is 0. The van der Waals surface area contributed by atoms with Crippen LogP contribution in [0.3, 0.4) is 0 Å². The minimum Gasteiger partial charge on any atom is -0.475 e. The Labute approximate surface area is 159 Å². The number of halogens is 3. The Morgan fingerprint density at radius 2 is 1.89 bits per heavy atom. The first kappa shape index (κ1) is 20.3. The van der Waals surface area contributed by atoms with E-state index >= 15 is 0 Å². The maximum atomic E-state index is 10.6. The van der Waals surface area contributed by atoms with Crippen molar-refractivity contribution in [3.05, 3.63) is 5.51 Å². The normalized spacial score (nSPS) is 26.6. The van der Waals surface area contributed by atoms with Crippen molar-refractivity contribution in [2.45, 2.75) is 43.9 Å². The lowest BCUT2D eigenvalue weighted by Crippen LogP contribution is -2.39. The molecule has 0 aliphatic carbocycles. The molecule has 0 aromatic carbocycles. The molecule has 0 spiro atoms. The fourth-order valence-corrected chi connectivity index (χ4v) is 4.74. The summed E-state index contributed by atoms with van der Waals surface area (Å²) in [6, 6.07) is 1.41. The third kappa shape index (κ3) is 5.08. The number of likely N-dealkylation sites (tertiary alicyclic amines) is 1. The molecule has 0 bridgehead atoms. The summed E-state index contributed by atoms with van der Waals surface area (Å²) in [6.45, 7) is 5.60. The lowest BCUT2D eigenvalue weighted by molar-refractivity contribution is -0.192. The standard InChI is InChI=1S/C14H22N4OS.C2HF3O2/c1-5-17(9-11-3-7-19-8-4-11)12-2-6-18(13(1)12)14-16-15-10-20-14;3-2(4,5)1(6)7/h10-13H,1-9H2;(H,6,7)/t12-,13+;/m1./s1. The van der Waals surface area contributed by atoms with E-state index < -0.39 is 12.1 Å². The molecular formula is C16H23F3N4O3S. The first-order valence-corrected chi connectivity index (χ1v) is 9.89. The molecule has 7 nitrogen and oxygen atoms in total. The Morgan fingerprint density at radius 3 is 2.48 bits per heavy atom. The maximum Gasteiger partial charge on any atom is 0.490 e. The van der Waals surface area contributed by atoms with Crippen LogP contribution in [-0.4, -0.2) is 77.3 Å². The molecule has 1 aromatic rings. The van der Waals surface area contributed by atoms with Gasteiger partial charge in [0.2, 0.25) is 5.13 Å². The van der Waals surface area contributed by atoms with Gasteiger partial charge in [0, 0.05) is 44.9 Å². The summed E-state index contributed by atoms with van der Waals surface area (Å²) < 4.78 is 37.2. The van der Waals surface area contributed by atoms with Crippen LogP contribution in [0.2, 0.25) is 0 Å². The average molecular weight is 408 g/mol. The number of aliphatic carboxylic acids is 1. The van der Waals surface area contributed by atoms with Crippen molar-refractivity contribution in [3.63, 3.8) is 0 Å². The molecule has 3 aliphatic heterocycles. The van der Waals surface area contributed by atoms with Crippen molar-refractivity contribution in [1.29, 1.82) is 0 Å². The number of alkyl halides is 3. The van der Waals surface area contributed by atoms with Crippen LogP contribution < -0.4 is 4.90 Å². The van der Waals surface area contributed by atoms with Crippen molar-refractivity contribution in [3.8, 4) is 0 Å². The quantitative estimate of drug-likeness (QED) is 0.822. The second-order valence-electron chi connectivity index (χ2n) is 6.98. The molecule has 0 unspecified atom stereocenters. The van der Waals surface area contributed by atoms with Crippen LogP contribution in [0.25, 0.3) is 0 Å². The van der Waals surface area contributed by atoms with Gasteiger partial charge in [-0.15, -0.1) is 10.2 Å². The van der Waals surface area contributed by atoms with Gasteiger partial charge in [-0.1, -0.05) is 11.3 Å². The van der Waals surface area contributed by atoms with E-state index in [2.05, 4.69) is 20.0 Å². The first-order valence-electron chi connectivity index (χ1n) is 9.01. The van der Waals surface area contributed by atoms with Crippen LogP contribution >= 0.6 is 11.3 Å². The third-order valence-corrected chi connectivity index (χ3v) is 6.09. The summed E-state index contributed by atoms with van der Waals surface area (Å²) in [5.41, 5.74) is 1.84. The van der Waals surface area contributed by atoms with Crippen molar-refractivity contribution < 1.29 is 27.8 Å². The Hall–Kier alpha value is -1.46. The number of fused-ring (bicyclic) bond motifs is 1. The summed E-state index contributed by atoms with van der Waals surface area (Å²) in [6.07, 6.45) is -0.0249. The number of ether oxygens (including phenoxy) is 1. The highest BCUT2D eigenvalue weighted by Crippen LogP contribution is 2.36. The molecule has 4 heterocycles. The van der Waals surface area contributed by atoms with Crippen LogP contribution in [0.5, 0.6) is 0 Å². The molecule has 3 aliphatic rings. The van der Waals surface area contributed by atoms with E-state index in [9.17, 15) is 13.2 Å². The first-order chi connectivity index (χ1) is 12.9. The lowest BCUT2D eigenvalue weighted by Gasteiger charge is -2.30. The number of carboxylic acids is 1. The average Bonchev–Trinajstić information content (AvgIpc) is 3.34. The Morgan fingerprint density at radius 1 is 1.22 bits per heavy atom. The minimum atomic E-state index is -5.08. The predicted molar refractivity (Wildman–Crippen MR) is 92.9 cm³/mol. The highest BCUT2D eigenvalue weighted by atomic mass is 32.1. The molecule has 2 atom stereocenters. The minimum absolute atomic E-state index is 0.669. The lowest BCUT2D eigenvalue weighted by atomic mass is 9.99. The number of anilines is 1. The van der Waals surface area contributed by atoms with Gasteiger partial charge in [0.15, 0.2) is 0 Å². The van der Waals surface area contributed by atoms with Crippen molar-refractivity contribution >= 4 is 22.4 Å². The molecule has 0 radical (unpaired) electrons. The third-order valence-electron chi connectivity index (χ3n) is 5.36. The number of rotatable bonds is 3. The second kappa shape index (κ2) is 8.70. The number of nitrogens with zero attached hydrogens (tertiary/aromatic N) is 4. The molecular weight excluding hydrogens is 385 g/mol. The largest absolute Gasteiger partial charge is 0.490 e. The van der Waals surface area contributed by atoms with Crippen LogP contribution in [0.1, 0.15) is 25.7 Å². The number of aromatic nitrogens is 2. The van der Waals surface area contributed by atoms with Gasteiger partial charge in [-0.2, -0.15) is 13.2 Å². The zero-order valence-corrected chi connectivity index (χ0v) is 15.6. The molecule has 11 heteroatoms. The van der Waals surface area contributed by atoms with Gasteiger partial charge in [0.25, 0.3) is 0 Å². The fourth-order valence-electron chi connectivity index (χ4n) is 4.09. The molecule has 0 saturated carbocycles. The zero-order chi connectivity index (χ0) is 19.4. The highest BCUT2D eigenvalue weighted by Gasteiger charge is 2.43. The van der Waals surface area contributed by atoms with E-state index in [1.165, 1.54) is 38.8 Å². The summed E-state index contributed by atoms with van der Waals surface area (Å²) >= 11 is 1.67. The second-order valence-corrected chi connectivity index (χ2v) is 7.79. The molecule has 0 amide bonds. The number of carboxylic acid groups (broad SMARTS) is 1. The monoisotopic (exact) mass is 408 g/mol. The van der Waals surface area contributed by atoms with E-state index in [4.69, 9.17) is 14.6 Å². The van der Waals surface area contributed by atoms with Gasteiger partial charge in [-0.25, -0.2) is 4.79 Å².